The monoisotopic (exact) mass is 222 g/mol. The third kappa shape index (κ3) is 10.2. The van der Waals surface area contributed by atoms with Gasteiger partial charge >= 0.3 is 23.9 Å². The Labute approximate surface area is 54.3 Å². The molecule has 2 nitrogen and oxygen atoms in total. The summed E-state index contributed by atoms with van der Waals surface area (Å²) in [5, 5.41) is 0. The van der Waals surface area contributed by atoms with Gasteiger partial charge in [-0.3, -0.25) is 0 Å². The number of hydrogen-bond acceptors (Lipinski definition) is 0. The standard InChI is InChI=1S/2H2O.Sn.Zn.2H/h2*1H2;;;;. The molecule has 0 amide bonds. The van der Waals surface area contributed by atoms with Gasteiger partial charge in [-0.1, -0.05) is 0 Å². The summed E-state index contributed by atoms with van der Waals surface area (Å²) in [6, 6.07) is 0. The summed E-state index contributed by atoms with van der Waals surface area (Å²) in [7, 11) is 0. The molecule has 0 unspecified atom stereocenters. The van der Waals surface area contributed by atoms with E-state index >= 15 is 0 Å². The topological polar surface area (TPSA) is 63.0 Å². The first kappa shape index (κ1) is 55.9. The first-order valence-corrected chi connectivity index (χ1v) is 0. The first-order chi connectivity index (χ1) is 0. The van der Waals surface area contributed by atoms with Gasteiger partial charge in [-0.2, -0.15) is 0 Å². The van der Waals surface area contributed by atoms with Gasteiger partial charge in [-0.25, -0.2) is 0 Å². The second-order valence-electron chi connectivity index (χ2n) is 0. The SMILES string of the molecule is O.O.[SnH2].[Zn]. The third-order valence-electron chi connectivity index (χ3n) is 0. The van der Waals surface area contributed by atoms with Crippen LogP contribution in [0.1, 0.15) is 0 Å². The summed E-state index contributed by atoms with van der Waals surface area (Å²) in [6.45, 7) is 0. The van der Waals surface area contributed by atoms with Crippen molar-refractivity contribution in [2.45, 2.75) is 0 Å². The van der Waals surface area contributed by atoms with Gasteiger partial charge in [-0.15, -0.1) is 0 Å². The fourth-order valence-electron chi connectivity index (χ4n) is 0. The molecule has 0 heterocycles. The molecule has 0 aliphatic carbocycles. The average Bonchev–Trinajstić information content (AvgIpc) is 0. The molecular formula is H6O2SnZn. The average molecular weight is 222 g/mol. The molecule has 0 aromatic heterocycles. The Bertz CT molecular complexity index is 6.00. The molecule has 0 fully saturated rings. The van der Waals surface area contributed by atoms with Crippen molar-refractivity contribution < 1.29 is 30.4 Å². The van der Waals surface area contributed by atoms with Crippen molar-refractivity contribution in [3.63, 3.8) is 0 Å². The second kappa shape index (κ2) is 26.9. The van der Waals surface area contributed by atoms with Crippen molar-refractivity contribution in [3.05, 3.63) is 0 Å². The number of rotatable bonds is 0. The van der Waals surface area contributed by atoms with Crippen LogP contribution in [0.25, 0.3) is 0 Å². The van der Waals surface area contributed by atoms with Crippen LogP contribution in [0.4, 0.5) is 0 Å². The summed E-state index contributed by atoms with van der Waals surface area (Å²) < 4.78 is 0. The van der Waals surface area contributed by atoms with Crippen LogP contribution >= 0.6 is 0 Å². The van der Waals surface area contributed by atoms with Crippen LogP contribution in [-0.2, 0) is 19.5 Å². The fourth-order valence-corrected chi connectivity index (χ4v) is 0. The quantitative estimate of drug-likeness (QED) is 0.404. The molecule has 0 saturated carbocycles. The van der Waals surface area contributed by atoms with E-state index < -0.39 is 0 Å². The van der Waals surface area contributed by atoms with Gasteiger partial charge in [0.25, 0.3) is 0 Å². The van der Waals surface area contributed by atoms with E-state index in [1.54, 1.807) is 0 Å². The van der Waals surface area contributed by atoms with Gasteiger partial charge in [-0.05, 0) is 0 Å². The Kier molecular flexibility index (Phi) is 376. The maximum Gasteiger partial charge on any atom is 0 e. The van der Waals surface area contributed by atoms with Crippen molar-refractivity contribution in [2.75, 3.05) is 0 Å². The minimum Gasteiger partial charge on any atom is 0 e. The Hall–Kier alpha value is 1.34. The van der Waals surface area contributed by atoms with E-state index in [-0.39, 0.29) is 54.3 Å². The van der Waals surface area contributed by atoms with Gasteiger partial charge in [0.15, 0.2) is 0 Å². The number of hydrogen-bond donors (Lipinski definition) is 0. The van der Waals surface area contributed by atoms with Crippen molar-refractivity contribution in [3.8, 4) is 0 Å². The first-order valence-electron chi connectivity index (χ1n) is 0. The smallest absolute Gasteiger partial charge is 0 e. The molecule has 4 N–H and O–H groups in total. The molecule has 0 aliphatic heterocycles. The zero-order valence-electron chi connectivity index (χ0n) is 2.41. The van der Waals surface area contributed by atoms with Gasteiger partial charge < -0.3 is 11.0 Å². The molecule has 24 valence electrons. The molecule has 0 aromatic rings. The van der Waals surface area contributed by atoms with Crippen LogP contribution in [0.2, 0.25) is 0 Å². The van der Waals surface area contributed by atoms with Crippen molar-refractivity contribution in [2.24, 2.45) is 0 Å². The van der Waals surface area contributed by atoms with Crippen LogP contribution in [0.3, 0.4) is 0 Å². The van der Waals surface area contributed by atoms with Crippen molar-refractivity contribution in [1.29, 1.82) is 0 Å². The van der Waals surface area contributed by atoms with Gasteiger partial charge in [0.2, 0.25) is 0 Å². The molecule has 4 heavy (non-hydrogen) atoms. The molecule has 0 aromatic carbocycles. The van der Waals surface area contributed by atoms with E-state index in [0.717, 1.165) is 0 Å². The molecular weight excluding hydrogens is 216 g/mol. The Morgan fingerprint density at radius 2 is 0.750 bits per heavy atom. The van der Waals surface area contributed by atoms with E-state index in [0.29, 0.717) is 0 Å². The van der Waals surface area contributed by atoms with E-state index in [4.69, 9.17) is 0 Å². The summed E-state index contributed by atoms with van der Waals surface area (Å²) >= 11 is 0. The summed E-state index contributed by atoms with van der Waals surface area (Å²) in [4.78, 5) is 0. The van der Waals surface area contributed by atoms with E-state index in [1.165, 1.54) is 0 Å². The van der Waals surface area contributed by atoms with Crippen LogP contribution in [0, 0.1) is 0 Å². The molecule has 0 spiro atoms. The van der Waals surface area contributed by atoms with E-state index in [9.17, 15) is 0 Å². The van der Waals surface area contributed by atoms with E-state index in [2.05, 4.69) is 0 Å². The maximum atomic E-state index is 0. The van der Waals surface area contributed by atoms with Crippen molar-refractivity contribution in [1.82, 2.24) is 0 Å². The summed E-state index contributed by atoms with van der Waals surface area (Å²) in [6.07, 6.45) is 0. The fraction of sp³-hybridized carbons (Fsp3) is 0. The predicted octanol–water partition coefficient (Wildman–Crippen LogP) is -2.57. The summed E-state index contributed by atoms with van der Waals surface area (Å²) in [5.41, 5.74) is 0. The van der Waals surface area contributed by atoms with Crippen LogP contribution < -0.4 is 0 Å². The molecule has 0 rings (SSSR count). The predicted molar refractivity (Wildman–Crippen MR) is 15.8 cm³/mol. The largest absolute Gasteiger partial charge is 0 e. The molecule has 4 heteroatoms. The molecule has 0 saturated heterocycles. The Balaban J connectivity index is 0. The minimum absolute atomic E-state index is 0. The second-order valence-corrected chi connectivity index (χ2v) is 0. The molecule has 2 radical (unpaired) electrons. The molecule has 0 bridgehead atoms. The summed E-state index contributed by atoms with van der Waals surface area (Å²) in [5.74, 6) is 0. The van der Waals surface area contributed by atoms with Crippen LogP contribution in [0.15, 0.2) is 0 Å². The van der Waals surface area contributed by atoms with Gasteiger partial charge in [0.1, 0.15) is 0 Å². The maximum absolute atomic E-state index is 0. The zero-order chi connectivity index (χ0) is 0. The Morgan fingerprint density at radius 1 is 0.750 bits per heavy atom. The molecule has 0 aliphatic rings. The third-order valence-corrected chi connectivity index (χ3v) is 0. The normalized spacial score (nSPS) is 0. The van der Waals surface area contributed by atoms with Crippen molar-refractivity contribution >= 4 is 23.9 Å². The minimum atomic E-state index is 0. The zero-order valence-corrected chi connectivity index (χ0v) is 9.42. The van der Waals surface area contributed by atoms with Crippen LogP contribution in [-0.4, -0.2) is 34.9 Å². The van der Waals surface area contributed by atoms with E-state index in [1.807, 2.05) is 0 Å². The Morgan fingerprint density at radius 3 is 0.750 bits per heavy atom. The molecule has 0 atom stereocenters. The van der Waals surface area contributed by atoms with Gasteiger partial charge in [0, 0.05) is 19.5 Å². The van der Waals surface area contributed by atoms with Gasteiger partial charge in [0.05, 0.1) is 0 Å². The van der Waals surface area contributed by atoms with Crippen LogP contribution in [0.5, 0.6) is 0 Å².